The summed E-state index contributed by atoms with van der Waals surface area (Å²) < 4.78 is 0. The zero-order valence-electron chi connectivity index (χ0n) is 11.8. The van der Waals surface area contributed by atoms with Gasteiger partial charge in [-0.3, -0.25) is 4.98 Å². The molecule has 106 valence electrons. The Morgan fingerprint density at radius 2 is 1.86 bits per heavy atom. The number of hydrogen-bond donors (Lipinski definition) is 0. The summed E-state index contributed by atoms with van der Waals surface area (Å²) in [6, 6.07) is 9.87. The standard InChI is InChI=1S/C18H17ClN2/c19-18-9-14(6-7-15(18)10-20)17-8-16(11-21-12-17)13-4-2-1-3-5-13/h6-9,11-13H,1-5H2. The zero-order chi connectivity index (χ0) is 14.7. The van der Waals surface area contributed by atoms with E-state index in [9.17, 15) is 0 Å². The molecular weight excluding hydrogens is 280 g/mol. The number of nitriles is 1. The smallest absolute Gasteiger partial charge is 0.101 e. The van der Waals surface area contributed by atoms with Gasteiger partial charge in [0.05, 0.1) is 10.6 Å². The number of nitrogens with zero attached hydrogens (tertiary/aromatic N) is 2. The number of hydrogen-bond acceptors (Lipinski definition) is 2. The molecule has 3 rings (SSSR count). The Hall–Kier alpha value is -1.85. The van der Waals surface area contributed by atoms with Crippen LogP contribution in [-0.4, -0.2) is 4.98 Å². The third kappa shape index (κ3) is 3.09. The molecule has 0 bridgehead atoms. The van der Waals surface area contributed by atoms with Gasteiger partial charge in [-0.1, -0.05) is 36.9 Å². The van der Waals surface area contributed by atoms with Gasteiger partial charge in [-0.25, -0.2) is 0 Å². The number of benzene rings is 1. The molecule has 0 spiro atoms. The van der Waals surface area contributed by atoms with E-state index in [1.165, 1.54) is 37.7 Å². The first kappa shape index (κ1) is 14.1. The van der Waals surface area contributed by atoms with Crippen LogP contribution in [0.25, 0.3) is 11.1 Å². The molecule has 0 N–H and O–H groups in total. The van der Waals surface area contributed by atoms with Crippen LogP contribution in [0.1, 0.15) is 49.1 Å². The van der Waals surface area contributed by atoms with Gasteiger partial charge in [-0.15, -0.1) is 0 Å². The fraction of sp³-hybridized carbons (Fsp3) is 0.333. The first-order valence-electron chi connectivity index (χ1n) is 7.43. The van der Waals surface area contributed by atoms with Crippen LogP contribution in [0.4, 0.5) is 0 Å². The zero-order valence-corrected chi connectivity index (χ0v) is 12.6. The van der Waals surface area contributed by atoms with Crippen LogP contribution in [0, 0.1) is 11.3 Å². The van der Waals surface area contributed by atoms with E-state index in [1.54, 1.807) is 6.07 Å². The Kier molecular flexibility index (Phi) is 4.22. The highest BCUT2D eigenvalue weighted by atomic mass is 35.5. The highest BCUT2D eigenvalue weighted by molar-refractivity contribution is 6.32. The molecule has 0 aliphatic heterocycles. The van der Waals surface area contributed by atoms with E-state index in [-0.39, 0.29) is 0 Å². The Morgan fingerprint density at radius 1 is 1.05 bits per heavy atom. The highest BCUT2D eigenvalue weighted by Crippen LogP contribution is 2.34. The topological polar surface area (TPSA) is 36.7 Å². The van der Waals surface area contributed by atoms with E-state index in [0.29, 0.717) is 16.5 Å². The molecule has 0 atom stereocenters. The maximum atomic E-state index is 8.95. The van der Waals surface area contributed by atoms with Crippen LogP contribution in [-0.2, 0) is 0 Å². The summed E-state index contributed by atoms with van der Waals surface area (Å²) in [6.07, 6.45) is 10.4. The second kappa shape index (κ2) is 6.28. The van der Waals surface area contributed by atoms with E-state index >= 15 is 0 Å². The monoisotopic (exact) mass is 296 g/mol. The Bertz CT molecular complexity index is 682. The molecule has 0 saturated heterocycles. The van der Waals surface area contributed by atoms with E-state index in [0.717, 1.165) is 11.1 Å². The lowest BCUT2D eigenvalue weighted by Gasteiger charge is -2.22. The normalized spacial score (nSPS) is 15.6. The van der Waals surface area contributed by atoms with Gasteiger partial charge in [-0.05, 0) is 48.1 Å². The van der Waals surface area contributed by atoms with Crippen molar-refractivity contribution < 1.29 is 0 Å². The molecular formula is C18H17ClN2. The maximum Gasteiger partial charge on any atom is 0.101 e. The van der Waals surface area contributed by atoms with Crippen molar-refractivity contribution in [3.63, 3.8) is 0 Å². The second-order valence-corrected chi connectivity index (χ2v) is 6.06. The summed E-state index contributed by atoms with van der Waals surface area (Å²) in [6.45, 7) is 0. The van der Waals surface area contributed by atoms with Crippen molar-refractivity contribution in [3.8, 4) is 17.2 Å². The van der Waals surface area contributed by atoms with Gasteiger partial charge in [0.15, 0.2) is 0 Å². The van der Waals surface area contributed by atoms with Gasteiger partial charge in [0.2, 0.25) is 0 Å². The fourth-order valence-corrected chi connectivity index (χ4v) is 3.28. The van der Waals surface area contributed by atoms with Crippen molar-refractivity contribution in [3.05, 3.63) is 52.8 Å². The molecule has 3 heteroatoms. The molecule has 0 unspecified atom stereocenters. The summed E-state index contributed by atoms with van der Waals surface area (Å²) >= 11 is 6.12. The van der Waals surface area contributed by atoms with Crippen LogP contribution < -0.4 is 0 Å². The highest BCUT2D eigenvalue weighted by Gasteiger charge is 2.16. The van der Waals surface area contributed by atoms with Crippen molar-refractivity contribution >= 4 is 11.6 Å². The lowest BCUT2D eigenvalue weighted by atomic mass is 9.84. The minimum atomic E-state index is 0.498. The van der Waals surface area contributed by atoms with Gasteiger partial charge >= 0.3 is 0 Å². The van der Waals surface area contributed by atoms with Gasteiger partial charge in [0, 0.05) is 18.0 Å². The molecule has 1 fully saturated rings. The average Bonchev–Trinajstić information content (AvgIpc) is 2.56. The molecule has 1 aliphatic rings. The molecule has 2 nitrogen and oxygen atoms in total. The van der Waals surface area contributed by atoms with Crippen molar-refractivity contribution in [2.45, 2.75) is 38.0 Å². The van der Waals surface area contributed by atoms with Crippen molar-refractivity contribution in [2.75, 3.05) is 0 Å². The third-order valence-corrected chi connectivity index (χ3v) is 4.57. The molecule has 1 aromatic heterocycles. The predicted molar refractivity (Wildman–Crippen MR) is 85.2 cm³/mol. The largest absolute Gasteiger partial charge is 0.264 e. The first-order chi connectivity index (χ1) is 10.3. The molecule has 1 aliphatic carbocycles. The molecule has 0 radical (unpaired) electrons. The number of rotatable bonds is 2. The Morgan fingerprint density at radius 3 is 2.57 bits per heavy atom. The summed E-state index contributed by atoms with van der Waals surface area (Å²) in [5, 5.41) is 9.45. The van der Waals surface area contributed by atoms with Crippen LogP contribution in [0.3, 0.4) is 0 Å². The van der Waals surface area contributed by atoms with E-state index in [4.69, 9.17) is 16.9 Å². The minimum Gasteiger partial charge on any atom is -0.264 e. The minimum absolute atomic E-state index is 0.498. The molecule has 1 heterocycles. The molecule has 1 aromatic carbocycles. The van der Waals surface area contributed by atoms with Crippen molar-refractivity contribution in [2.24, 2.45) is 0 Å². The van der Waals surface area contributed by atoms with Crippen molar-refractivity contribution in [1.29, 1.82) is 5.26 Å². The molecule has 21 heavy (non-hydrogen) atoms. The van der Waals surface area contributed by atoms with E-state index in [2.05, 4.69) is 17.1 Å². The molecule has 1 saturated carbocycles. The van der Waals surface area contributed by atoms with Gasteiger partial charge in [-0.2, -0.15) is 5.26 Å². The summed E-state index contributed by atoms with van der Waals surface area (Å²) in [5.74, 6) is 0.639. The Balaban J connectivity index is 1.92. The predicted octanol–water partition coefficient (Wildman–Crippen LogP) is 5.32. The van der Waals surface area contributed by atoms with Crippen molar-refractivity contribution in [1.82, 2.24) is 4.98 Å². The summed E-state index contributed by atoms with van der Waals surface area (Å²) in [5.41, 5.74) is 3.93. The lowest BCUT2D eigenvalue weighted by Crippen LogP contribution is -2.04. The SMILES string of the molecule is N#Cc1ccc(-c2cncc(C3CCCCC3)c2)cc1Cl. The van der Waals surface area contributed by atoms with Crippen LogP contribution in [0.2, 0.25) is 5.02 Å². The van der Waals surface area contributed by atoms with E-state index in [1.807, 2.05) is 24.5 Å². The van der Waals surface area contributed by atoms with Gasteiger partial charge in [0.25, 0.3) is 0 Å². The molecule has 2 aromatic rings. The van der Waals surface area contributed by atoms with Crippen LogP contribution >= 0.6 is 11.6 Å². The number of aromatic nitrogens is 1. The van der Waals surface area contributed by atoms with Crippen LogP contribution in [0.5, 0.6) is 0 Å². The number of halogens is 1. The molecule has 0 amide bonds. The third-order valence-electron chi connectivity index (χ3n) is 4.26. The quantitative estimate of drug-likeness (QED) is 0.752. The number of pyridine rings is 1. The Labute approximate surface area is 130 Å². The van der Waals surface area contributed by atoms with Gasteiger partial charge in [0.1, 0.15) is 6.07 Å². The van der Waals surface area contributed by atoms with Crippen LogP contribution in [0.15, 0.2) is 36.7 Å². The average molecular weight is 297 g/mol. The lowest BCUT2D eigenvalue weighted by molar-refractivity contribution is 0.443. The summed E-state index contributed by atoms with van der Waals surface area (Å²) in [4.78, 5) is 4.40. The van der Waals surface area contributed by atoms with E-state index < -0.39 is 0 Å². The fourth-order valence-electron chi connectivity index (χ4n) is 3.06. The second-order valence-electron chi connectivity index (χ2n) is 5.65. The first-order valence-corrected chi connectivity index (χ1v) is 7.80. The van der Waals surface area contributed by atoms with Gasteiger partial charge < -0.3 is 0 Å². The maximum absolute atomic E-state index is 8.95. The summed E-state index contributed by atoms with van der Waals surface area (Å²) in [7, 11) is 0.